The molecule has 1 aromatic carbocycles. The third-order valence-corrected chi connectivity index (χ3v) is 3.03. The maximum atomic E-state index is 11.7. The van der Waals surface area contributed by atoms with Crippen LogP contribution in [0.1, 0.15) is 19.3 Å². The molecule has 0 spiro atoms. The van der Waals surface area contributed by atoms with Gasteiger partial charge >= 0.3 is 0 Å². The molecule has 20 heavy (non-hydrogen) atoms. The SMILES string of the molecule is CNCCC(=O)Nc1cc(Cl)ccc1NC1CC1.Cl.Cl. The van der Waals surface area contributed by atoms with E-state index in [0.717, 1.165) is 11.4 Å². The summed E-state index contributed by atoms with van der Waals surface area (Å²) in [7, 11) is 1.83. The quantitative estimate of drug-likeness (QED) is 0.745. The summed E-state index contributed by atoms with van der Waals surface area (Å²) in [4.78, 5) is 11.7. The fourth-order valence-electron chi connectivity index (χ4n) is 1.64. The topological polar surface area (TPSA) is 53.2 Å². The van der Waals surface area contributed by atoms with Crippen molar-refractivity contribution in [3.8, 4) is 0 Å². The first-order valence-corrected chi connectivity index (χ1v) is 6.57. The summed E-state index contributed by atoms with van der Waals surface area (Å²) < 4.78 is 0. The van der Waals surface area contributed by atoms with Crippen LogP contribution in [0.3, 0.4) is 0 Å². The van der Waals surface area contributed by atoms with Crippen molar-refractivity contribution in [3.05, 3.63) is 23.2 Å². The molecule has 2 rings (SSSR count). The summed E-state index contributed by atoms with van der Waals surface area (Å²) in [6.45, 7) is 0.664. The smallest absolute Gasteiger partial charge is 0.225 e. The molecule has 0 unspecified atom stereocenters. The zero-order valence-corrected chi connectivity index (χ0v) is 13.6. The van der Waals surface area contributed by atoms with Crippen LogP contribution >= 0.6 is 36.4 Å². The molecule has 3 N–H and O–H groups in total. The van der Waals surface area contributed by atoms with Gasteiger partial charge in [-0.1, -0.05) is 11.6 Å². The number of rotatable bonds is 6. The summed E-state index contributed by atoms with van der Waals surface area (Å²) >= 11 is 5.97. The Balaban J connectivity index is 0.00000180. The zero-order valence-electron chi connectivity index (χ0n) is 11.2. The largest absolute Gasteiger partial charge is 0.381 e. The fourth-order valence-corrected chi connectivity index (χ4v) is 1.82. The summed E-state index contributed by atoms with van der Waals surface area (Å²) in [5.74, 6) is -0.00883. The Morgan fingerprint density at radius 3 is 2.60 bits per heavy atom. The first-order chi connectivity index (χ1) is 8.69. The number of benzene rings is 1. The second-order valence-electron chi connectivity index (χ2n) is 4.51. The lowest BCUT2D eigenvalue weighted by Crippen LogP contribution is -2.19. The number of carbonyl (C=O) groups is 1. The van der Waals surface area contributed by atoms with Gasteiger partial charge in [0.2, 0.25) is 5.91 Å². The van der Waals surface area contributed by atoms with Crippen LogP contribution in [0, 0.1) is 0 Å². The monoisotopic (exact) mass is 339 g/mol. The van der Waals surface area contributed by atoms with Gasteiger partial charge in [0.1, 0.15) is 0 Å². The Kier molecular flexibility index (Phi) is 8.98. The van der Waals surface area contributed by atoms with Gasteiger partial charge in [0.15, 0.2) is 0 Å². The molecule has 1 aliphatic rings. The highest BCUT2D eigenvalue weighted by molar-refractivity contribution is 6.31. The van der Waals surface area contributed by atoms with Crippen LogP contribution in [-0.4, -0.2) is 25.5 Å². The van der Waals surface area contributed by atoms with Gasteiger partial charge in [-0.3, -0.25) is 4.79 Å². The Hall–Kier alpha value is -0.680. The molecule has 1 fully saturated rings. The van der Waals surface area contributed by atoms with Crippen molar-refractivity contribution in [1.82, 2.24) is 5.32 Å². The molecule has 0 saturated heterocycles. The average molecular weight is 341 g/mol. The van der Waals surface area contributed by atoms with Crippen LogP contribution in [0.15, 0.2) is 18.2 Å². The number of hydrogen-bond donors (Lipinski definition) is 3. The lowest BCUT2D eigenvalue weighted by Gasteiger charge is -2.13. The summed E-state index contributed by atoms with van der Waals surface area (Å²) in [6.07, 6.45) is 2.83. The van der Waals surface area contributed by atoms with Crippen LogP contribution in [0.25, 0.3) is 0 Å². The third-order valence-electron chi connectivity index (χ3n) is 2.79. The molecular formula is C13H20Cl3N3O. The standard InChI is InChI=1S/C13H18ClN3O.2ClH/c1-15-7-6-13(18)17-12-8-9(14)2-5-11(12)16-10-3-4-10;;/h2,5,8,10,15-16H,3-4,6-7H2,1H3,(H,17,18);2*1H. The molecule has 0 aliphatic heterocycles. The number of anilines is 2. The van der Waals surface area contributed by atoms with Crippen LogP contribution < -0.4 is 16.0 Å². The van der Waals surface area contributed by atoms with E-state index in [1.165, 1.54) is 12.8 Å². The molecular weight excluding hydrogens is 321 g/mol. The molecule has 0 atom stereocenters. The number of carbonyl (C=O) groups excluding carboxylic acids is 1. The van der Waals surface area contributed by atoms with Crippen molar-refractivity contribution in [2.24, 2.45) is 0 Å². The lowest BCUT2D eigenvalue weighted by molar-refractivity contribution is -0.116. The Morgan fingerprint density at radius 2 is 2.00 bits per heavy atom. The molecule has 114 valence electrons. The van der Waals surface area contributed by atoms with Gasteiger partial charge in [-0.05, 0) is 38.1 Å². The van der Waals surface area contributed by atoms with Crippen molar-refractivity contribution < 1.29 is 4.79 Å². The van der Waals surface area contributed by atoms with Gasteiger partial charge in [-0.15, -0.1) is 24.8 Å². The fraction of sp³-hybridized carbons (Fsp3) is 0.462. The molecule has 0 bridgehead atoms. The van der Waals surface area contributed by atoms with Crippen molar-refractivity contribution >= 4 is 53.7 Å². The van der Waals surface area contributed by atoms with Crippen LogP contribution in [0.2, 0.25) is 5.02 Å². The molecule has 1 aliphatic carbocycles. The number of amides is 1. The van der Waals surface area contributed by atoms with E-state index in [-0.39, 0.29) is 30.7 Å². The van der Waals surface area contributed by atoms with Gasteiger partial charge in [0.05, 0.1) is 11.4 Å². The molecule has 0 aromatic heterocycles. The summed E-state index contributed by atoms with van der Waals surface area (Å²) in [5, 5.41) is 9.85. The van der Waals surface area contributed by atoms with E-state index in [1.807, 2.05) is 19.2 Å². The Labute approximate surface area is 136 Å². The Morgan fingerprint density at radius 1 is 1.30 bits per heavy atom. The molecule has 1 saturated carbocycles. The molecule has 1 amide bonds. The minimum Gasteiger partial charge on any atom is -0.381 e. The van der Waals surface area contributed by atoms with E-state index in [4.69, 9.17) is 11.6 Å². The van der Waals surface area contributed by atoms with E-state index in [0.29, 0.717) is 24.0 Å². The zero-order chi connectivity index (χ0) is 13.0. The molecule has 0 radical (unpaired) electrons. The van der Waals surface area contributed by atoms with Crippen LogP contribution in [-0.2, 0) is 4.79 Å². The van der Waals surface area contributed by atoms with Gasteiger partial charge in [-0.25, -0.2) is 0 Å². The van der Waals surface area contributed by atoms with Gasteiger partial charge in [-0.2, -0.15) is 0 Å². The minimum atomic E-state index is -0.00883. The van der Waals surface area contributed by atoms with E-state index < -0.39 is 0 Å². The maximum Gasteiger partial charge on any atom is 0.225 e. The number of hydrogen-bond acceptors (Lipinski definition) is 3. The highest BCUT2D eigenvalue weighted by Gasteiger charge is 2.22. The predicted molar refractivity (Wildman–Crippen MR) is 89.8 cm³/mol. The second-order valence-corrected chi connectivity index (χ2v) is 4.95. The number of nitrogens with one attached hydrogen (secondary N) is 3. The van der Waals surface area contributed by atoms with Gasteiger partial charge < -0.3 is 16.0 Å². The van der Waals surface area contributed by atoms with E-state index in [1.54, 1.807) is 6.07 Å². The van der Waals surface area contributed by atoms with Crippen molar-refractivity contribution in [2.45, 2.75) is 25.3 Å². The van der Waals surface area contributed by atoms with Crippen LogP contribution in [0.4, 0.5) is 11.4 Å². The normalized spacial score (nSPS) is 12.9. The number of halogens is 3. The third kappa shape index (κ3) is 6.18. The van der Waals surface area contributed by atoms with E-state index in [9.17, 15) is 4.79 Å². The highest BCUT2D eigenvalue weighted by Crippen LogP contribution is 2.31. The average Bonchev–Trinajstić information content (AvgIpc) is 3.14. The summed E-state index contributed by atoms with van der Waals surface area (Å²) in [5.41, 5.74) is 1.70. The Bertz CT molecular complexity index is 439. The van der Waals surface area contributed by atoms with Gasteiger partial charge in [0, 0.05) is 24.0 Å². The highest BCUT2D eigenvalue weighted by atomic mass is 35.5. The van der Waals surface area contributed by atoms with E-state index >= 15 is 0 Å². The summed E-state index contributed by atoms with van der Waals surface area (Å²) in [6, 6.07) is 6.06. The van der Waals surface area contributed by atoms with Crippen LogP contribution in [0.5, 0.6) is 0 Å². The van der Waals surface area contributed by atoms with Gasteiger partial charge in [0.25, 0.3) is 0 Å². The minimum absolute atomic E-state index is 0. The molecule has 7 heteroatoms. The lowest BCUT2D eigenvalue weighted by atomic mass is 10.2. The van der Waals surface area contributed by atoms with Crippen molar-refractivity contribution in [3.63, 3.8) is 0 Å². The molecule has 4 nitrogen and oxygen atoms in total. The van der Waals surface area contributed by atoms with E-state index in [2.05, 4.69) is 16.0 Å². The molecule has 1 aromatic rings. The maximum absolute atomic E-state index is 11.7. The van der Waals surface area contributed by atoms with Crippen molar-refractivity contribution in [1.29, 1.82) is 0 Å². The first kappa shape index (κ1) is 19.3. The molecule has 0 heterocycles. The van der Waals surface area contributed by atoms with Crippen molar-refractivity contribution in [2.75, 3.05) is 24.2 Å². The second kappa shape index (κ2) is 9.29. The predicted octanol–water partition coefficient (Wildman–Crippen LogP) is 3.31. The first-order valence-electron chi connectivity index (χ1n) is 6.19.